The number of carbonyl (C=O) groups excluding carboxylic acids is 1. The third kappa shape index (κ3) is 4.58. The van der Waals surface area contributed by atoms with Crippen LogP contribution < -0.4 is 20.1 Å². The lowest BCUT2D eigenvalue weighted by Gasteiger charge is -2.12. The molecule has 0 bridgehead atoms. The van der Waals surface area contributed by atoms with Crippen molar-refractivity contribution in [1.82, 2.24) is 15.5 Å². The largest absolute Gasteiger partial charge is 0.497 e. The summed E-state index contributed by atoms with van der Waals surface area (Å²) in [6, 6.07) is 8.72. The lowest BCUT2D eigenvalue weighted by molar-refractivity contribution is 0.0947. The van der Waals surface area contributed by atoms with Crippen LogP contribution in [0.2, 0.25) is 0 Å². The van der Waals surface area contributed by atoms with Gasteiger partial charge in [-0.3, -0.25) is 4.79 Å². The van der Waals surface area contributed by atoms with Gasteiger partial charge in [0.2, 0.25) is 0 Å². The maximum atomic E-state index is 11.9. The minimum Gasteiger partial charge on any atom is -0.497 e. The SMILES string of the molecule is CCCCNC(=O)c1ccc(Nc2cc(OC)ccc2OC)nn1. The number of amides is 1. The van der Waals surface area contributed by atoms with E-state index in [0.29, 0.717) is 29.5 Å². The summed E-state index contributed by atoms with van der Waals surface area (Å²) < 4.78 is 10.5. The molecule has 1 aromatic carbocycles. The van der Waals surface area contributed by atoms with Crippen LogP contribution in [0.1, 0.15) is 30.3 Å². The molecule has 2 aromatic rings. The highest BCUT2D eigenvalue weighted by atomic mass is 16.5. The molecule has 7 nitrogen and oxygen atoms in total. The maximum Gasteiger partial charge on any atom is 0.271 e. The van der Waals surface area contributed by atoms with Crippen LogP contribution in [0.5, 0.6) is 11.5 Å². The van der Waals surface area contributed by atoms with E-state index in [1.54, 1.807) is 44.6 Å². The van der Waals surface area contributed by atoms with Gasteiger partial charge in [-0.1, -0.05) is 13.3 Å². The predicted octanol–water partition coefficient (Wildman–Crippen LogP) is 2.77. The van der Waals surface area contributed by atoms with Gasteiger partial charge in [-0.25, -0.2) is 0 Å². The number of aromatic nitrogens is 2. The molecule has 0 unspecified atom stereocenters. The van der Waals surface area contributed by atoms with E-state index in [9.17, 15) is 4.79 Å². The second kappa shape index (κ2) is 8.71. The first-order valence-electron chi connectivity index (χ1n) is 7.79. The van der Waals surface area contributed by atoms with Gasteiger partial charge in [-0.05, 0) is 30.7 Å². The van der Waals surface area contributed by atoms with E-state index < -0.39 is 0 Å². The molecular weight excluding hydrogens is 308 g/mol. The van der Waals surface area contributed by atoms with E-state index in [1.165, 1.54) is 0 Å². The van der Waals surface area contributed by atoms with Crippen molar-refractivity contribution in [2.24, 2.45) is 0 Å². The van der Waals surface area contributed by atoms with E-state index in [4.69, 9.17) is 9.47 Å². The van der Waals surface area contributed by atoms with Gasteiger partial charge in [0.05, 0.1) is 19.9 Å². The number of benzene rings is 1. The molecule has 0 saturated heterocycles. The standard InChI is InChI=1S/C17H22N4O3/c1-4-5-10-18-17(22)13-7-9-16(21-20-13)19-14-11-12(23-2)6-8-15(14)24-3/h6-9,11H,4-5,10H2,1-3H3,(H,18,22)(H,19,21). The van der Waals surface area contributed by atoms with Crippen molar-refractivity contribution in [3.8, 4) is 11.5 Å². The second-order valence-corrected chi connectivity index (χ2v) is 5.10. The van der Waals surface area contributed by atoms with Crippen molar-refractivity contribution in [2.75, 3.05) is 26.1 Å². The smallest absolute Gasteiger partial charge is 0.271 e. The van der Waals surface area contributed by atoms with Crippen molar-refractivity contribution >= 4 is 17.4 Å². The second-order valence-electron chi connectivity index (χ2n) is 5.10. The molecule has 24 heavy (non-hydrogen) atoms. The molecule has 1 amide bonds. The summed E-state index contributed by atoms with van der Waals surface area (Å²) in [5.74, 6) is 1.63. The van der Waals surface area contributed by atoms with Crippen molar-refractivity contribution in [3.05, 3.63) is 36.0 Å². The van der Waals surface area contributed by atoms with E-state index in [2.05, 4.69) is 27.8 Å². The predicted molar refractivity (Wildman–Crippen MR) is 92.1 cm³/mol. The topological polar surface area (TPSA) is 85.4 Å². The van der Waals surface area contributed by atoms with Crippen molar-refractivity contribution in [1.29, 1.82) is 0 Å². The Morgan fingerprint density at radius 1 is 1.12 bits per heavy atom. The van der Waals surface area contributed by atoms with E-state index in [0.717, 1.165) is 12.8 Å². The monoisotopic (exact) mass is 330 g/mol. The van der Waals surface area contributed by atoms with Crippen LogP contribution in [0.25, 0.3) is 0 Å². The quantitative estimate of drug-likeness (QED) is 0.724. The van der Waals surface area contributed by atoms with Crippen LogP contribution >= 0.6 is 0 Å². The average molecular weight is 330 g/mol. The van der Waals surface area contributed by atoms with E-state index in [1.807, 2.05) is 0 Å². The van der Waals surface area contributed by atoms with Gasteiger partial charge >= 0.3 is 0 Å². The fourth-order valence-corrected chi connectivity index (χ4v) is 2.04. The first kappa shape index (κ1) is 17.5. The molecule has 0 saturated carbocycles. The van der Waals surface area contributed by atoms with Gasteiger partial charge in [0.25, 0.3) is 5.91 Å². The minimum atomic E-state index is -0.221. The molecule has 0 aliphatic rings. The maximum absolute atomic E-state index is 11.9. The van der Waals surface area contributed by atoms with Crippen LogP contribution in [0, 0.1) is 0 Å². The number of nitrogens with zero attached hydrogens (tertiary/aromatic N) is 2. The number of ether oxygens (including phenoxy) is 2. The van der Waals surface area contributed by atoms with Crippen molar-refractivity contribution in [2.45, 2.75) is 19.8 Å². The first-order valence-corrected chi connectivity index (χ1v) is 7.79. The Morgan fingerprint density at radius 2 is 1.96 bits per heavy atom. The number of carbonyl (C=O) groups is 1. The Bertz CT molecular complexity index is 674. The molecule has 1 heterocycles. The summed E-state index contributed by atoms with van der Waals surface area (Å²) in [5, 5.41) is 13.9. The highest BCUT2D eigenvalue weighted by Gasteiger charge is 2.09. The summed E-state index contributed by atoms with van der Waals surface area (Å²) in [6.07, 6.45) is 1.96. The molecule has 2 rings (SSSR count). The number of methoxy groups -OCH3 is 2. The molecule has 0 spiro atoms. The van der Waals surface area contributed by atoms with Crippen LogP contribution in [0.3, 0.4) is 0 Å². The third-order valence-electron chi connectivity index (χ3n) is 3.38. The van der Waals surface area contributed by atoms with Gasteiger partial charge in [0.1, 0.15) is 11.5 Å². The fourth-order valence-electron chi connectivity index (χ4n) is 2.04. The number of nitrogens with one attached hydrogen (secondary N) is 2. The summed E-state index contributed by atoms with van der Waals surface area (Å²) in [5.41, 5.74) is 0.987. The number of unbranched alkanes of at least 4 members (excludes halogenated alkanes) is 1. The zero-order valence-corrected chi connectivity index (χ0v) is 14.1. The zero-order chi connectivity index (χ0) is 17.4. The Hall–Kier alpha value is -2.83. The third-order valence-corrected chi connectivity index (χ3v) is 3.38. The summed E-state index contributed by atoms with van der Waals surface area (Å²) >= 11 is 0. The molecular formula is C17H22N4O3. The molecule has 2 N–H and O–H groups in total. The fraction of sp³-hybridized carbons (Fsp3) is 0.353. The molecule has 0 aliphatic heterocycles. The molecule has 128 valence electrons. The molecule has 7 heteroatoms. The Balaban J connectivity index is 2.07. The van der Waals surface area contributed by atoms with Crippen LogP contribution in [-0.2, 0) is 0 Å². The number of rotatable bonds is 8. The molecule has 1 aromatic heterocycles. The molecule has 0 radical (unpaired) electrons. The van der Waals surface area contributed by atoms with Crippen LogP contribution in [0.15, 0.2) is 30.3 Å². The summed E-state index contributed by atoms with van der Waals surface area (Å²) in [6.45, 7) is 2.71. The Morgan fingerprint density at radius 3 is 2.58 bits per heavy atom. The number of hydrogen-bond acceptors (Lipinski definition) is 6. The van der Waals surface area contributed by atoms with Gasteiger partial charge in [0, 0.05) is 12.6 Å². The highest BCUT2D eigenvalue weighted by Crippen LogP contribution is 2.30. The minimum absolute atomic E-state index is 0.221. The van der Waals surface area contributed by atoms with Crippen molar-refractivity contribution in [3.63, 3.8) is 0 Å². The van der Waals surface area contributed by atoms with Gasteiger partial charge in [-0.15, -0.1) is 10.2 Å². The van der Waals surface area contributed by atoms with Crippen LogP contribution in [-0.4, -0.2) is 36.9 Å². The molecule has 0 aliphatic carbocycles. The Kier molecular flexibility index (Phi) is 6.36. The number of hydrogen-bond donors (Lipinski definition) is 2. The van der Waals surface area contributed by atoms with Gasteiger partial charge < -0.3 is 20.1 Å². The van der Waals surface area contributed by atoms with Crippen LogP contribution in [0.4, 0.5) is 11.5 Å². The highest BCUT2D eigenvalue weighted by molar-refractivity contribution is 5.92. The van der Waals surface area contributed by atoms with Gasteiger partial charge in [0.15, 0.2) is 11.5 Å². The van der Waals surface area contributed by atoms with E-state index in [-0.39, 0.29) is 11.6 Å². The lowest BCUT2D eigenvalue weighted by atomic mass is 10.2. The lowest BCUT2D eigenvalue weighted by Crippen LogP contribution is -2.25. The molecule has 0 atom stereocenters. The average Bonchev–Trinajstić information content (AvgIpc) is 2.62. The van der Waals surface area contributed by atoms with Crippen molar-refractivity contribution < 1.29 is 14.3 Å². The normalized spacial score (nSPS) is 10.1. The Labute approximate surface area is 141 Å². The summed E-state index contributed by atoms with van der Waals surface area (Å²) in [7, 11) is 3.18. The summed E-state index contributed by atoms with van der Waals surface area (Å²) in [4.78, 5) is 11.9. The zero-order valence-electron chi connectivity index (χ0n) is 14.1. The molecule has 0 fully saturated rings. The van der Waals surface area contributed by atoms with Gasteiger partial charge in [-0.2, -0.15) is 0 Å². The number of anilines is 2. The van der Waals surface area contributed by atoms with E-state index >= 15 is 0 Å². The first-order chi connectivity index (χ1) is 11.7.